The first-order valence-electron chi connectivity index (χ1n) is 8.48. The van der Waals surface area contributed by atoms with Crippen molar-refractivity contribution >= 4 is 29.2 Å². The minimum absolute atomic E-state index is 0.268. The van der Waals surface area contributed by atoms with Crippen molar-refractivity contribution in [2.45, 2.75) is 33.2 Å². The third kappa shape index (κ3) is 5.23. The molecule has 2 aromatic rings. The molecule has 0 saturated heterocycles. The fourth-order valence-corrected chi connectivity index (χ4v) is 2.44. The van der Waals surface area contributed by atoms with Crippen LogP contribution in [0.2, 0.25) is 5.02 Å². The standard InChI is InChI=1S/C18H23ClN4O3/c1-4-8-20-17(24)15-10-13(6-7-16(15)19)21-18(25)23(3)11-14-9-12(5-2)22-26-14/h6-7,9-10H,4-5,8,11H2,1-3H3,(H,20,24)(H,21,25). The summed E-state index contributed by atoms with van der Waals surface area (Å²) in [6, 6.07) is 6.28. The molecule has 0 spiro atoms. The van der Waals surface area contributed by atoms with E-state index in [0.717, 1.165) is 18.5 Å². The Balaban J connectivity index is 2.02. The van der Waals surface area contributed by atoms with Crippen LogP contribution in [0.4, 0.5) is 10.5 Å². The second-order valence-electron chi connectivity index (χ2n) is 5.87. The average molecular weight is 379 g/mol. The zero-order chi connectivity index (χ0) is 19.1. The summed E-state index contributed by atoms with van der Waals surface area (Å²) in [7, 11) is 1.65. The van der Waals surface area contributed by atoms with Crippen LogP contribution in [0.3, 0.4) is 0 Å². The van der Waals surface area contributed by atoms with Gasteiger partial charge in [-0.1, -0.05) is 30.6 Å². The molecule has 1 heterocycles. The fourth-order valence-electron chi connectivity index (χ4n) is 2.23. The normalized spacial score (nSPS) is 10.5. The maximum atomic E-state index is 12.4. The van der Waals surface area contributed by atoms with Crippen LogP contribution in [0.25, 0.3) is 0 Å². The van der Waals surface area contributed by atoms with E-state index in [1.165, 1.54) is 4.90 Å². The van der Waals surface area contributed by atoms with E-state index in [1.54, 1.807) is 25.2 Å². The number of halogens is 1. The van der Waals surface area contributed by atoms with Gasteiger partial charge < -0.3 is 20.1 Å². The van der Waals surface area contributed by atoms with E-state index >= 15 is 0 Å². The Morgan fingerprint density at radius 3 is 2.69 bits per heavy atom. The number of urea groups is 1. The lowest BCUT2D eigenvalue weighted by Crippen LogP contribution is -2.31. The van der Waals surface area contributed by atoms with E-state index in [-0.39, 0.29) is 18.5 Å². The number of nitrogens with one attached hydrogen (secondary N) is 2. The molecule has 0 bridgehead atoms. The Morgan fingerprint density at radius 1 is 1.27 bits per heavy atom. The highest BCUT2D eigenvalue weighted by atomic mass is 35.5. The van der Waals surface area contributed by atoms with Crippen LogP contribution in [0.15, 0.2) is 28.8 Å². The molecule has 0 unspecified atom stereocenters. The molecule has 2 rings (SSSR count). The first-order chi connectivity index (χ1) is 12.4. The van der Waals surface area contributed by atoms with Gasteiger partial charge in [0.2, 0.25) is 0 Å². The van der Waals surface area contributed by atoms with Crippen LogP contribution in [-0.4, -0.2) is 35.6 Å². The van der Waals surface area contributed by atoms with Crippen LogP contribution < -0.4 is 10.6 Å². The molecule has 0 atom stereocenters. The van der Waals surface area contributed by atoms with Crippen molar-refractivity contribution in [1.82, 2.24) is 15.4 Å². The molecule has 0 aliphatic carbocycles. The minimum Gasteiger partial charge on any atom is -0.359 e. The predicted octanol–water partition coefficient (Wildman–Crippen LogP) is 3.69. The molecule has 1 aromatic carbocycles. The molecule has 0 aliphatic heterocycles. The van der Waals surface area contributed by atoms with Crippen LogP contribution in [-0.2, 0) is 13.0 Å². The molecular formula is C18H23ClN4O3. The SMILES string of the molecule is CCCNC(=O)c1cc(NC(=O)N(C)Cc2cc(CC)no2)ccc1Cl. The third-order valence-electron chi connectivity index (χ3n) is 3.71. The van der Waals surface area contributed by atoms with E-state index in [0.29, 0.717) is 28.6 Å². The van der Waals surface area contributed by atoms with E-state index < -0.39 is 0 Å². The number of anilines is 1. The Labute approximate surface area is 157 Å². The molecule has 26 heavy (non-hydrogen) atoms. The van der Waals surface area contributed by atoms with Gasteiger partial charge in [-0.15, -0.1) is 0 Å². The number of carbonyl (C=O) groups excluding carboxylic acids is 2. The number of nitrogens with zero attached hydrogens (tertiary/aromatic N) is 2. The summed E-state index contributed by atoms with van der Waals surface area (Å²) in [6.45, 7) is 4.79. The number of hydrogen-bond donors (Lipinski definition) is 2. The molecule has 3 amide bonds. The molecule has 7 nitrogen and oxygen atoms in total. The van der Waals surface area contributed by atoms with Gasteiger partial charge >= 0.3 is 6.03 Å². The number of hydrogen-bond acceptors (Lipinski definition) is 4. The Morgan fingerprint density at radius 2 is 2.04 bits per heavy atom. The van der Waals surface area contributed by atoms with Gasteiger partial charge in [-0.25, -0.2) is 4.79 Å². The average Bonchev–Trinajstić information content (AvgIpc) is 3.08. The quantitative estimate of drug-likeness (QED) is 0.769. The Hall–Kier alpha value is -2.54. The van der Waals surface area contributed by atoms with Crippen molar-refractivity contribution < 1.29 is 14.1 Å². The largest absolute Gasteiger partial charge is 0.359 e. The van der Waals surface area contributed by atoms with Gasteiger partial charge in [-0.2, -0.15) is 0 Å². The van der Waals surface area contributed by atoms with E-state index in [2.05, 4.69) is 15.8 Å². The Bertz CT molecular complexity index is 776. The van der Waals surface area contributed by atoms with Crippen LogP contribution >= 0.6 is 11.6 Å². The zero-order valence-corrected chi connectivity index (χ0v) is 15.9. The van der Waals surface area contributed by atoms with Gasteiger partial charge in [0, 0.05) is 25.3 Å². The maximum Gasteiger partial charge on any atom is 0.321 e. The van der Waals surface area contributed by atoms with Crippen LogP contribution in [0.1, 0.15) is 42.1 Å². The first-order valence-corrected chi connectivity index (χ1v) is 8.86. The summed E-state index contributed by atoms with van der Waals surface area (Å²) in [6.07, 6.45) is 1.60. The van der Waals surface area contributed by atoms with Gasteiger partial charge in [0.15, 0.2) is 5.76 Å². The van der Waals surface area contributed by atoms with Gasteiger partial charge in [-0.05, 0) is 31.0 Å². The summed E-state index contributed by atoms with van der Waals surface area (Å²) in [5.74, 6) is 0.338. The smallest absolute Gasteiger partial charge is 0.321 e. The second kappa shape index (κ2) is 9.24. The summed E-state index contributed by atoms with van der Waals surface area (Å²) < 4.78 is 5.19. The number of aryl methyl sites for hydroxylation is 1. The summed E-state index contributed by atoms with van der Waals surface area (Å²) in [4.78, 5) is 25.9. The zero-order valence-electron chi connectivity index (χ0n) is 15.1. The number of amides is 3. The van der Waals surface area contributed by atoms with Crippen molar-refractivity contribution in [3.05, 3.63) is 46.3 Å². The third-order valence-corrected chi connectivity index (χ3v) is 4.04. The highest BCUT2D eigenvalue weighted by molar-refractivity contribution is 6.34. The lowest BCUT2D eigenvalue weighted by atomic mass is 10.2. The van der Waals surface area contributed by atoms with Gasteiger partial charge in [0.05, 0.1) is 22.8 Å². The molecule has 0 radical (unpaired) electrons. The first kappa shape index (κ1) is 19.8. The lowest BCUT2D eigenvalue weighted by Gasteiger charge is -2.17. The van der Waals surface area contributed by atoms with E-state index in [1.807, 2.05) is 19.9 Å². The summed E-state index contributed by atoms with van der Waals surface area (Å²) >= 11 is 6.09. The summed E-state index contributed by atoms with van der Waals surface area (Å²) in [5, 5.41) is 9.75. The lowest BCUT2D eigenvalue weighted by molar-refractivity contribution is 0.0954. The molecule has 0 aliphatic rings. The highest BCUT2D eigenvalue weighted by Gasteiger charge is 2.15. The number of rotatable bonds is 7. The predicted molar refractivity (Wildman–Crippen MR) is 100 cm³/mol. The number of benzene rings is 1. The van der Waals surface area contributed by atoms with Gasteiger partial charge in [-0.3, -0.25) is 4.79 Å². The molecular weight excluding hydrogens is 356 g/mol. The monoisotopic (exact) mass is 378 g/mol. The topological polar surface area (TPSA) is 87.5 Å². The van der Waals surface area contributed by atoms with Crippen LogP contribution in [0.5, 0.6) is 0 Å². The maximum absolute atomic E-state index is 12.4. The van der Waals surface area contributed by atoms with E-state index in [4.69, 9.17) is 16.1 Å². The Kier molecular flexibility index (Phi) is 7.03. The van der Waals surface area contributed by atoms with Crippen molar-refractivity contribution in [1.29, 1.82) is 0 Å². The van der Waals surface area contributed by atoms with Crippen molar-refractivity contribution in [3.63, 3.8) is 0 Å². The van der Waals surface area contributed by atoms with E-state index in [9.17, 15) is 9.59 Å². The second-order valence-corrected chi connectivity index (χ2v) is 6.28. The van der Waals surface area contributed by atoms with Gasteiger partial charge in [0.25, 0.3) is 5.91 Å². The highest BCUT2D eigenvalue weighted by Crippen LogP contribution is 2.21. The summed E-state index contributed by atoms with van der Waals surface area (Å²) in [5.41, 5.74) is 1.65. The van der Waals surface area contributed by atoms with Crippen molar-refractivity contribution in [3.8, 4) is 0 Å². The molecule has 2 N–H and O–H groups in total. The fraction of sp³-hybridized carbons (Fsp3) is 0.389. The number of aromatic nitrogens is 1. The minimum atomic E-state index is -0.332. The van der Waals surface area contributed by atoms with Crippen molar-refractivity contribution in [2.75, 3.05) is 18.9 Å². The number of carbonyl (C=O) groups is 2. The van der Waals surface area contributed by atoms with Crippen molar-refractivity contribution in [2.24, 2.45) is 0 Å². The molecule has 140 valence electrons. The van der Waals surface area contributed by atoms with Gasteiger partial charge in [0.1, 0.15) is 0 Å². The molecule has 0 fully saturated rings. The molecule has 8 heteroatoms. The molecule has 1 aromatic heterocycles. The van der Waals surface area contributed by atoms with Crippen LogP contribution in [0, 0.1) is 0 Å². The molecule has 0 saturated carbocycles.